The standard InChI is InChI=1S/C26H33N3O4S/c1-2-10-27-12-15-33-24-9-14-32-23-7-6-20(17-21(23)24)31-13-4-3-11-28-26(30)19-5-8-25-22(16-19)29-18-34-25/h5-8,16-18,24,27H,2-4,9-15H2,1H3,(H,28,30)/t24-/m0/s1. The quantitative estimate of drug-likeness (QED) is 0.342. The van der Waals surface area contributed by atoms with Crippen LogP contribution >= 0.6 is 11.3 Å². The zero-order chi connectivity index (χ0) is 23.6. The summed E-state index contributed by atoms with van der Waals surface area (Å²) in [6.07, 6.45) is 3.70. The fourth-order valence-electron chi connectivity index (χ4n) is 3.90. The van der Waals surface area contributed by atoms with Crippen LogP contribution in [0.5, 0.6) is 11.5 Å². The van der Waals surface area contributed by atoms with Crippen LogP contribution in [-0.4, -0.2) is 50.3 Å². The summed E-state index contributed by atoms with van der Waals surface area (Å²) < 4.78 is 19.0. The maximum atomic E-state index is 12.4. The van der Waals surface area contributed by atoms with Crippen molar-refractivity contribution in [2.45, 2.75) is 38.7 Å². The van der Waals surface area contributed by atoms with Crippen molar-refractivity contribution in [3.05, 3.63) is 53.0 Å². The second kappa shape index (κ2) is 12.7. The third kappa shape index (κ3) is 6.68. The fraction of sp³-hybridized carbons (Fsp3) is 0.462. The highest BCUT2D eigenvalue weighted by Crippen LogP contribution is 2.36. The van der Waals surface area contributed by atoms with Crippen molar-refractivity contribution in [3.8, 4) is 11.5 Å². The number of thiazole rings is 1. The molecule has 7 nitrogen and oxygen atoms in total. The summed E-state index contributed by atoms with van der Waals surface area (Å²) >= 11 is 1.57. The van der Waals surface area contributed by atoms with Crippen molar-refractivity contribution in [3.63, 3.8) is 0 Å². The van der Waals surface area contributed by atoms with Gasteiger partial charge in [-0.25, -0.2) is 4.98 Å². The number of nitrogens with zero attached hydrogens (tertiary/aromatic N) is 1. The van der Waals surface area contributed by atoms with E-state index < -0.39 is 0 Å². The summed E-state index contributed by atoms with van der Waals surface area (Å²) in [7, 11) is 0. The number of carbonyl (C=O) groups is 1. The molecule has 2 aromatic carbocycles. The van der Waals surface area contributed by atoms with Gasteiger partial charge in [-0.05, 0) is 62.2 Å². The predicted octanol–water partition coefficient (Wildman–Crippen LogP) is 4.73. The molecule has 1 atom stereocenters. The molecule has 4 rings (SSSR count). The van der Waals surface area contributed by atoms with Gasteiger partial charge in [-0.3, -0.25) is 4.79 Å². The number of aromatic nitrogens is 1. The lowest BCUT2D eigenvalue weighted by Crippen LogP contribution is -2.24. The molecule has 1 aromatic heterocycles. The monoisotopic (exact) mass is 483 g/mol. The molecule has 0 bridgehead atoms. The van der Waals surface area contributed by atoms with Crippen LogP contribution in [0.4, 0.5) is 0 Å². The first-order chi connectivity index (χ1) is 16.7. The van der Waals surface area contributed by atoms with Gasteiger partial charge in [0.25, 0.3) is 5.91 Å². The van der Waals surface area contributed by atoms with Gasteiger partial charge in [0.1, 0.15) is 11.5 Å². The van der Waals surface area contributed by atoms with Crippen LogP contribution in [-0.2, 0) is 4.74 Å². The van der Waals surface area contributed by atoms with E-state index in [0.717, 1.165) is 66.1 Å². The molecular weight excluding hydrogens is 450 g/mol. The van der Waals surface area contributed by atoms with Gasteiger partial charge in [-0.15, -0.1) is 11.3 Å². The average molecular weight is 484 g/mol. The second-order valence-electron chi connectivity index (χ2n) is 8.29. The Kier molecular flexibility index (Phi) is 9.12. The van der Waals surface area contributed by atoms with E-state index >= 15 is 0 Å². The van der Waals surface area contributed by atoms with E-state index in [1.807, 2.05) is 36.4 Å². The van der Waals surface area contributed by atoms with Crippen molar-refractivity contribution in [1.82, 2.24) is 15.6 Å². The highest BCUT2D eigenvalue weighted by atomic mass is 32.1. The predicted molar refractivity (Wildman–Crippen MR) is 135 cm³/mol. The van der Waals surface area contributed by atoms with Crippen molar-refractivity contribution >= 4 is 27.5 Å². The van der Waals surface area contributed by atoms with Crippen LogP contribution in [0.3, 0.4) is 0 Å². The van der Waals surface area contributed by atoms with E-state index in [9.17, 15) is 4.79 Å². The zero-order valence-corrected chi connectivity index (χ0v) is 20.5. The summed E-state index contributed by atoms with van der Waals surface area (Å²) in [4.78, 5) is 16.6. The summed E-state index contributed by atoms with van der Waals surface area (Å²) in [5.41, 5.74) is 4.36. The molecule has 0 saturated heterocycles. The Morgan fingerprint density at radius 3 is 3.00 bits per heavy atom. The highest BCUT2D eigenvalue weighted by Gasteiger charge is 2.22. The first kappa shape index (κ1) is 24.4. The Morgan fingerprint density at radius 2 is 2.09 bits per heavy atom. The molecule has 1 aliphatic heterocycles. The van der Waals surface area contributed by atoms with Crippen LogP contribution < -0.4 is 20.1 Å². The lowest BCUT2D eigenvalue weighted by molar-refractivity contribution is 0.0256. The number of benzene rings is 2. The van der Waals surface area contributed by atoms with Crippen LogP contribution in [0.2, 0.25) is 0 Å². The highest BCUT2D eigenvalue weighted by molar-refractivity contribution is 7.16. The zero-order valence-electron chi connectivity index (χ0n) is 19.7. The van der Waals surface area contributed by atoms with Gasteiger partial charge in [-0.1, -0.05) is 6.92 Å². The minimum absolute atomic E-state index is 0.0365. The van der Waals surface area contributed by atoms with Gasteiger partial charge in [0.05, 0.1) is 41.7 Å². The van der Waals surface area contributed by atoms with E-state index in [1.54, 1.807) is 16.8 Å². The first-order valence-electron chi connectivity index (χ1n) is 12.1. The Balaban J connectivity index is 1.17. The van der Waals surface area contributed by atoms with Gasteiger partial charge in [0.2, 0.25) is 0 Å². The van der Waals surface area contributed by atoms with Crippen molar-refractivity contribution in [1.29, 1.82) is 0 Å². The molecular formula is C26H33N3O4S. The topological polar surface area (TPSA) is 81.7 Å². The first-order valence-corrected chi connectivity index (χ1v) is 13.0. The smallest absolute Gasteiger partial charge is 0.251 e. The molecule has 182 valence electrons. The minimum atomic E-state index is -0.0681. The Hall–Kier alpha value is -2.68. The van der Waals surface area contributed by atoms with Crippen molar-refractivity contribution in [2.75, 3.05) is 39.5 Å². The van der Waals surface area contributed by atoms with Gasteiger partial charge in [0, 0.05) is 30.6 Å². The van der Waals surface area contributed by atoms with Gasteiger partial charge in [0.15, 0.2) is 0 Å². The molecule has 3 aromatic rings. The van der Waals surface area contributed by atoms with Crippen LogP contribution in [0.25, 0.3) is 10.2 Å². The molecule has 2 heterocycles. The number of carbonyl (C=O) groups excluding carboxylic acids is 1. The average Bonchev–Trinajstić information content (AvgIpc) is 3.34. The third-order valence-corrected chi connectivity index (χ3v) is 6.52. The van der Waals surface area contributed by atoms with Gasteiger partial charge in [-0.2, -0.15) is 0 Å². The van der Waals surface area contributed by atoms with Gasteiger partial charge < -0.3 is 24.8 Å². The fourth-order valence-corrected chi connectivity index (χ4v) is 4.56. The number of unbranched alkanes of at least 4 members (excludes halogenated alkanes) is 1. The number of ether oxygens (including phenoxy) is 3. The molecule has 0 spiro atoms. The molecule has 1 amide bonds. The number of amides is 1. The van der Waals surface area contributed by atoms with E-state index in [0.29, 0.717) is 31.9 Å². The molecule has 0 saturated carbocycles. The SMILES string of the molecule is CCCNCCO[C@H]1CCOc2ccc(OCCCCNC(=O)c3ccc4scnc4c3)cc21. The molecule has 0 radical (unpaired) electrons. The summed E-state index contributed by atoms with van der Waals surface area (Å²) in [6, 6.07) is 11.6. The second-order valence-corrected chi connectivity index (χ2v) is 9.18. The Labute approximate surface area is 204 Å². The largest absolute Gasteiger partial charge is 0.494 e. The maximum absolute atomic E-state index is 12.4. The Bertz CT molecular complexity index is 1070. The molecule has 0 aliphatic carbocycles. The number of hydrogen-bond acceptors (Lipinski definition) is 7. The summed E-state index contributed by atoms with van der Waals surface area (Å²) in [6.45, 7) is 6.57. The van der Waals surface area contributed by atoms with E-state index in [4.69, 9.17) is 14.2 Å². The molecule has 34 heavy (non-hydrogen) atoms. The third-order valence-electron chi connectivity index (χ3n) is 5.71. The van der Waals surface area contributed by atoms with Crippen LogP contribution in [0.1, 0.15) is 54.6 Å². The molecule has 8 heteroatoms. The lowest BCUT2D eigenvalue weighted by Gasteiger charge is -2.26. The molecule has 1 aliphatic rings. The number of fused-ring (bicyclic) bond motifs is 2. The number of hydrogen-bond donors (Lipinski definition) is 2. The maximum Gasteiger partial charge on any atom is 0.251 e. The van der Waals surface area contributed by atoms with E-state index in [1.165, 1.54) is 0 Å². The molecule has 2 N–H and O–H groups in total. The van der Waals surface area contributed by atoms with Crippen molar-refractivity contribution in [2.24, 2.45) is 0 Å². The molecule has 0 unspecified atom stereocenters. The molecule has 0 fully saturated rings. The Morgan fingerprint density at radius 1 is 1.15 bits per heavy atom. The summed E-state index contributed by atoms with van der Waals surface area (Å²) in [5, 5.41) is 6.34. The minimum Gasteiger partial charge on any atom is -0.494 e. The van der Waals surface area contributed by atoms with E-state index in [2.05, 4.69) is 22.5 Å². The lowest BCUT2D eigenvalue weighted by atomic mass is 10.0. The normalized spacial score (nSPS) is 15.0. The van der Waals surface area contributed by atoms with E-state index in [-0.39, 0.29) is 12.0 Å². The van der Waals surface area contributed by atoms with Crippen LogP contribution in [0, 0.1) is 0 Å². The van der Waals surface area contributed by atoms with Gasteiger partial charge >= 0.3 is 0 Å². The number of rotatable bonds is 13. The van der Waals surface area contributed by atoms with Crippen molar-refractivity contribution < 1.29 is 19.0 Å². The van der Waals surface area contributed by atoms with Crippen LogP contribution in [0.15, 0.2) is 41.9 Å². The number of nitrogens with one attached hydrogen (secondary N) is 2. The summed E-state index contributed by atoms with van der Waals surface area (Å²) in [5.74, 6) is 1.63.